The van der Waals surface area contributed by atoms with E-state index in [0.29, 0.717) is 5.03 Å². The summed E-state index contributed by atoms with van der Waals surface area (Å²) in [7, 11) is 4.14. The number of benzene rings is 1. The van der Waals surface area contributed by atoms with Crippen LogP contribution < -0.4 is 5.43 Å². The molecule has 5 rings (SSSR count). The Kier molecular flexibility index (Phi) is 5.43. The second kappa shape index (κ2) is 8.37. The molecule has 0 aliphatic carbocycles. The molecule has 4 heterocycles. The van der Waals surface area contributed by atoms with Gasteiger partial charge in [0.15, 0.2) is 11.6 Å². The summed E-state index contributed by atoms with van der Waals surface area (Å²) in [6.45, 7) is 6.14. The fourth-order valence-corrected chi connectivity index (χ4v) is 4.60. The van der Waals surface area contributed by atoms with Crippen LogP contribution in [0.3, 0.4) is 0 Å². The van der Waals surface area contributed by atoms with Crippen LogP contribution in [0.5, 0.6) is 0 Å². The molecule has 9 heteroatoms. The largest absolute Gasteiger partial charge is 0.304 e. The smallest absolute Gasteiger partial charge is 0.152 e. The number of nitrogens with one attached hydrogen (secondary N) is 1. The van der Waals surface area contributed by atoms with Crippen LogP contribution in [0, 0.1) is 0 Å². The molecular weight excluding hydrogens is 412 g/mol. The number of halogens is 1. The van der Waals surface area contributed by atoms with E-state index in [9.17, 15) is 0 Å². The van der Waals surface area contributed by atoms with Crippen molar-refractivity contribution in [3.63, 3.8) is 0 Å². The van der Waals surface area contributed by atoms with Gasteiger partial charge in [-0.05, 0) is 7.05 Å². The van der Waals surface area contributed by atoms with Gasteiger partial charge >= 0.3 is 0 Å². The minimum Gasteiger partial charge on any atom is -0.304 e. The number of imidazole rings is 1. The lowest BCUT2D eigenvalue weighted by molar-refractivity contribution is 0.149. The number of aromatic nitrogens is 4. The summed E-state index contributed by atoms with van der Waals surface area (Å²) < 4.78 is 3.97. The third-order valence-electron chi connectivity index (χ3n) is 5.98. The zero-order valence-electron chi connectivity index (χ0n) is 17.9. The van der Waals surface area contributed by atoms with Crippen LogP contribution in [0.4, 0.5) is 5.82 Å². The van der Waals surface area contributed by atoms with E-state index >= 15 is 0 Å². The third-order valence-corrected chi connectivity index (χ3v) is 6.34. The van der Waals surface area contributed by atoms with Crippen molar-refractivity contribution in [3.05, 3.63) is 54.6 Å². The summed E-state index contributed by atoms with van der Waals surface area (Å²) in [5.74, 6) is 1.74. The zero-order valence-corrected chi connectivity index (χ0v) is 18.6. The van der Waals surface area contributed by atoms with Crippen molar-refractivity contribution in [2.75, 3.05) is 52.2 Å². The van der Waals surface area contributed by atoms with E-state index in [0.717, 1.165) is 67.7 Å². The third kappa shape index (κ3) is 3.82. The number of anilines is 1. The summed E-state index contributed by atoms with van der Waals surface area (Å²) in [5, 5.41) is 7.59. The number of nitrogens with zero attached hydrogens (tertiary/aromatic N) is 7. The van der Waals surface area contributed by atoms with Crippen LogP contribution in [0.25, 0.3) is 22.1 Å². The first-order valence-corrected chi connectivity index (χ1v) is 11.0. The quantitative estimate of drug-likeness (QED) is 0.661. The molecule has 31 heavy (non-hydrogen) atoms. The molecule has 8 nitrogen and oxygen atoms in total. The SMILES string of the molecule is CN1CCN(CCn2nc(-c3ccccc3)c3c2NN(C)C(n2ccnc2)=C3Cl)CC1. The monoisotopic (exact) mass is 438 g/mol. The topological polar surface area (TPSA) is 57.4 Å². The first kappa shape index (κ1) is 20.1. The number of hydrogen-bond acceptors (Lipinski definition) is 6. The highest BCUT2D eigenvalue weighted by Gasteiger charge is 2.31. The summed E-state index contributed by atoms with van der Waals surface area (Å²) in [6.07, 6.45) is 5.39. The van der Waals surface area contributed by atoms with Gasteiger partial charge < -0.3 is 4.90 Å². The molecule has 0 unspecified atom stereocenters. The van der Waals surface area contributed by atoms with Gasteiger partial charge in [0.25, 0.3) is 0 Å². The minimum absolute atomic E-state index is 0.652. The molecule has 3 aromatic rings. The molecule has 0 bridgehead atoms. The minimum atomic E-state index is 0.652. The molecule has 1 aromatic carbocycles. The van der Waals surface area contributed by atoms with Gasteiger partial charge in [0.05, 0.1) is 17.1 Å². The molecule has 1 fully saturated rings. The Bertz CT molecular complexity index is 1060. The van der Waals surface area contributed by atoms with E-state index in [1.807, 2.05) is 41.0 Å². The van der Waals surface area contributed by atoms with Crippen LogP contribution in [-0.2, 0) is 6.54 Å². The number of hydrazine groups is 1. The summed E-state index contributed by atoms with van der Waals surface area (Å²) in [5.41, 5.74) is 6.36. The normalized spacial score (nSPS) is 17.7. The Hall–Kier alpha value is -2.81. The van der Waals surface area contributed by atoms with Gasteiger partial charge in [0.1, 0.15) is 12.0 Å². The first-order valence-electron chi connectivity index (χ1n) is 10.6. The highest BCUT2D eigenvalue weighted by molar-refractivity contribution is 6.53. The number of rotatable bonds is 5. The van der Waals surface area contributed by atoms with E-state index in [-0.39, 0.29) is 0 Å². The number of piperazine rings is 1. The maximum absolute atomic E-state index is 7.01. The lowest BCUT2D eigenvalue weighted by Crippen LogP contribution is -2.45. The first-order chi connectivity index (χ1) is 15.1. The van der Waals surface area contributed by atoms with E-state index in [4.69, 9.17) is 16.7 Å². The van der Waals surface area contributed by atoms with E-state index < -0.39 is 0 Å². The molecule has 0 atom stereocenters. The van der Waals surface area contributed by atoms with Crippen LogP contribution >= 0.6 is 11.6 Å². The lowest BCUT2D eigenvalue weighted by atomic mass is 10.1. The van der Waals surface area contributed by atoms with Crippen molar-refractivity contribution in [2.45, 2.75) is 6.54 Å². The van der Waals surface area contributed by atoms with E-state index in [1.54, 1.807) is 12.5 Å². The Labute approximate surface area is 187 Å². The number of hydrogen-bond donors (Lipinski definition) is 1. The van der Waals surface area contributed by atoms with Crippen LogP contribution in [0.15, 0.2) is 49.1 Å². The van der Waals surface area contributed by atoms with Gasteiger partial charge in [-0.15, -0.1) is 0 Å². The summed E-state index contributed by atoms with van der Waals surface area (Å²) in [4.78, 5) is 9.05. The second-order valence-corrected chi connectivity index (χ2v) is 8.46. The van der Waals surface area contributed by atoms with Crippen molar-refractivity contribution in [3.8, 4) is 11.3 Å². The fourth-order valence-electron chi connectivity index (χ4n) is 4.19. The molecule has 1 saturated heterocycles. The summed E-state index contributed by atoms with van der Waals surface area (Å²) >= 11 is 7.01. The van der Waals surface area contributed by atoms with Crippen molar-refractivity contribution in [1.29, 1.82) is 0 Å². The molecule has 162 valence electrons. The Morgan fingerprint density at radius 1 is 1.03 bits per heavy atom. The Morgan fingerprint density at radius 3 is 2.52 bits per heavy atom. The predicted octanol–water partition coefficient (Wildman–Crippen LogP) is 2.79. The highest BCUT2D eigenvalue weighted by atomic mass is 35.5. The number of likely N-dealkylation sites (N-methyl/N-ethyl adjacent to an activating group) is 1. The van der Waals surface area contributed by atoms with Crippen LogP contribution in [0.2, 0.25) is 0 Å². The molecule has 0 spiro atoms. The van der Waals surface area contributed by atoms with Gasteiger partial charge in [0, 0.05) is 57.7 Å². The van der Waals surface area contributed by atoms with Gasteiger partial charge in [-0.25, -0.2) is 9.67 Å². The molecule has 2 aliphatic rings. The van der Waals surface area contributed by atoms with Crippen molar-refractivity contribution in [1.82, 2.24) is 34.1 Å². The lowest BCUT2D eigenvalue weighted by Gasteiger charge is -2.33. The van der Waals surface area contributed by atoms with Gasteiger partial charge in [-0.2, -0.15) is 5.10 Å². The van der Waals surface area contributed by atoms with E-state index in [2.05, 4.69) is 44.1 Å². The van der Waals surface area contributed by atoms with Crippen molar-refractivity contribution in [2.24, 2.45) is 0 Å². The van der Waals surface area contributed by atoms with Gasteiger partial charge in [-0.3, -0.25) is 19.9 Å². The van der Waals surface area contributed by atoms with Gasteiger partial charge in [-0.1, -0.05) is 41.9 Å². The van der Waals surface area contributed by atoms with Gasteiger partial charge in [0.2, 0.25) is 0 Å². The standard InChI is InChI=1S/C22H27ClN8/c1-27-10-12-29(13-11-27)14-15-31-21-18(20(25-31)17-6-4-3-5-7-17)19(23)22(28(2)26-21)30-9-8-24-16-30/h3-9,16,26H,10-15H2,1-2H3. The zero-order chi connectivity index (χ0) is 21.4. The number of fused-ring (bicyclic) bond motifs is 1. The molecule has 0 saturated carbocycles. The molecule has 1 N–H and O–H groups in total. The maximum atomic E-state index is 7.01. The average molecular weight is 439 g/mol. The molecule has 2 aliphatic heterocycles. The molecular formula is C22H27ClN8. The summed E-state index contributed by atoms with van der Waals surface area (Å²) in [6, 6.07) is 10.2. The fraction of sp³-hybridized carbons (Fsp3) is 0.364. The Balaban J connectivity index is 1.54. The maximum Gasteiger partial charge on any atom is 0.152 e. The van der Waals surface area contributed by atoms with E-state index in [1.165, 1.54) is 0 Å². The van der Waals surface area contributed by atoms with Crippen molar-refractivity contribution < 1.29 is 0 Å². The Morgan fingerprint density at radius 2 is 1.81 bits per heavy atom. The predicted molar refractivity (Wildman–Crippen MR) is 124 cm³/mol. The molecule has 0 radical (unpaired) electrons. The second-order valence-electron chi connectivity index (χ2n) is 8.08. The average Bonchev–Trinajstić information content (AvgIpc) is 3.43. The highest BCUT2D eigenvalue weighted by Crippen LogP contribution is 2.42. The van der Waals surface area contributed by atoms with Crippen LogP contribution in [0.1, 0.15) is 5.56 Å². The van der Waals surface area contributed by atoms with Crippen LogP contribution in [-0.4, -0.2) is 81.0 Å². The molecule has 0 amide bonds. The van der Waals surface area contributed by atoms with Crippen molar-refractivity contribution >= 4 is 28.3 Å². The molecule has 2 aromatic heterocycles.